The summed E-state index contributed by atoms with van der Waals surface area (Å²) in [4.78, 5) is 26.0. The Kier molecular flexibility index (Phi) is 7.17. The fourth-order valence-electron chi connectivity index (χ4n) is 3.63. The van der Waals surface area contributed by atoms with Gasteiger partial charge in [-0.15, -0.1) is 0 Å². The Morgan fingerprint density at radius 3 is 2.85 bits per heavy atom. The van der Waals surface area contributed by atoms with E-state index in [0.717, 1.165) is 18.4 Å². The molecule has 0 spiro atoms. The maximum atomic E-state index is 13.7. The summed E-state index contributed by atoms with van der Waals surface area (Å²) in [5, 5.41) is 6.34. The number of hydrogen-bond donors (Lipinski definition) is 3. The molecule has 1 aliphatic heterocycles. The number of aromatic nitrogens is 4. The molecule has 1 saturated heterocycles. The Balaban J connectivity index is 1.49. The molecular weight excluding hydrogens is 449 g/mol. The number of carbonyl (C=O) groups excluding carboxylic acids is 1. The minimum atomic E-state index is -0.619. The first-order valence-corrected chi connectivity index (χ1v) is 11.0. The van der Waals surface area contributed by atoms with E-state index < -0.39 is 17.8 Å². The van der Waals surface area contributed by atoms with Crippen LogP contribution >= 0.6 is 11.6 Å². The van der Waals surface area contributed by atoms with E-state index in [2.05, 4.69) is 25.6 Å². The number of aryl methyl sites for hydroxylation is 1. The number of rotatable bonds is 7. The van der Waals surface area contributed by atoms with E-state index in [9.17, 15) is 9.18 Å². The van der Waals surface area contributed by atoms with E-state index >= 15 is 0 Å². The first kappa shape index (κ1) is 23.1. The Labute approximate surface area is 195 Å². The molecule has 1 unspecified atom stereocenters. The minimum absolute atomic E-state index is 0.0679. The van der Waals surface area contributed by atoms with E-state index in [1.54, 1.807) is 23.0 Å². The molecule has 3 heterocycles. The van der Waals surface area contributed by atoms with Crippen LogP contribution in [0.1, 0.15) is 40.5 Å². The molecular formula is C22H25ClFN7O2. The highest BCUT2D eigenvalue weighted by atomic mass is 35.5. The minimum Gasteiger partial charge on any atom is -0.381 e. The quantitative estimate of drug-likeness (QED) is 0.482. The van der Waals surface area contributed by atoms with E-state index in [0.29, 0.717) is 30.5 Å². The number of nitrogens with two attached hydrogens (primary N) is 1. The zero-order valence-corrected chi connectivity index (χ0v) is 18.8. The van der Waals surface area contributed by atoms with Gasteiger partial charge in [-0.25, -0.2) is 14.4 Å². The van der Waals surface area contributed by atoms with Crippen molar-refractivity contribution in [3.05, 3.63) is 64.6 Å². The summed E-state index contributed by atoms with van der Waals surface area (Å²) in [6.07, 6.45) is 6.59. The maximum absolute atomic E-state index is 13.7. The number of nitrogens with one attached hydrogen (secondary N) is 2. The first-order valence-electron chi connectivity index (χ1n) is 10.6. The van der Waals surface area contributed by atoms with Crippen LogP contribution in [0, 0.1) is 12.7 Å². The SMILES string of the molecule is Cc1cnc(NC2CCOCC2)nc1-n1cnc(C(=O)NC(CN)c2cc(F)cc(Cl)c2)c1. The van der Waals surface area contributed by atoms with Gasteiger partial charge in [0.2, 0.25) is 5.95 Å². The van der Waals surface area contributed by atoms with Gasteiger partial charge < -0.3 is 21.1 Å². The second-order valence-corrected chi connectivity index (χ2v) is 8.30. The van der Waals surface area contributed by atoms with E-state index in [-0.39, 0.29) is 23.3 Å². The number of anilines is 1. The van der Waals surface area contributed by atoms with E-state index in [4.69, 9.17) is 22.1 Å². The summed E-state index contributed by atoms with van der Waals surface area (Å²) in [5.41, 5.74) is 7.28. The van der Waals surface area contributed by atoms with Gasteiger partial charge in [0.15, 0.2) is 0 Å². The molecule has 174 valence electrons. The van der Waals surface area contributed by atoms with Crippen LogP contribution in [0.25, 0.3) is 5.82 Å². The molecule has 1 atom stereocenters. The Morgan fingerprint density at radius 2 is 2.12 bits per heavy atom. The van der Waals surface area contributed by atoms with Crippen molar-refractivity contribution in [3.63, 3.8) is 0 Å². The second kappa shape index (κ2) is 10.2. The van der Waals surface area contributed by atoms with Crippen LogP contribution in [-0.4, -0.2) is 51.2 Å². The standard InChI is InChI=1S/C22H25ClFN7O2/c1-13-10-26-22(28-17-2-4-33-5-3-17)30-20(13)31-11-19(27-12-31)21(32)29-18(9-25)14-6-15(23)8-16(24)7-14/h6-8,10-12,17-18H,2-5,9,25H2,1H3,(H,29,32)(H,26,28,30). The summed E-state index contributed by atoms with van der Waals surface area (Å²) in [7, 11) is 0. The van der Waals surface area contributed by atoms with Crippen molar-refractivity contribution in [2.75, 3.05) is 25.1 Å². The molecule has 11 heteroatoms. The highest BCUT2D eigenvalue weighted by molar-refractivity contribution is 6.30. The molecule has 0 radical (unpaired) electrons. The zero-order chi connectivity index (χ0) is 23.4. The van der Waals surface area contributed by atoms with Crippen LogP contribution in [0.3, 0.4) is 0 Å². The molecule has 1 aliphatic rings. The van der Waals surface area contributed by atoms with Crippen LogP contribution in [-0.2, 0) is 4.74 Å². The lowest BCUT2D eigenvalue weighted by molar-refractivity contribution is 0.0903. The average molecular weight is 474 g/mol. The Bertz CT molecular complexity index is 1110. The number of nitrogens with zero attached hydrogens (tertiary/aromatic N) is 4. The number of halogens is 2. The number of benzene rings is 1. The summed E-state index contributed by atoms with van der Waals surface area (Å²) >= 11 is 5.93. The maximum Gasteiger partial charge on any atom is 0.272 e. The van der Waals surface area contributed by atoms with Gasteiger partial charge >= 0.3 is 0 Å². The van der Waals surface area contributed by atoms with Crippen molar-refractivity contribution >= 4 is 23.5 Å². The molecule has 33 heavy (non-hydrogen) atoms. The summed E-state index contributed by atoms with van der Waals surface area (Å²) in [6.45, 7) is 3.37. The molecule has 1 aromatic carbocycles. The molecule has 4 N–H and O–H groups in total. The second-order valence-electron chi connectivity index (χ2n) is 7.86. The monoisotopic (exact) mass is 473 g/mol. The van der Waals surface area contributed by atoms with Crippen molar-refractivity contribution < 1.29 is 13.9 Å². The smallest absolute Gasteiger partial charge is 0.272 e. The number of carbonyl (C=O) groups is 1. The van der Waals surface area contributed by atoms with Crippen LogP contribution in [0.15, 0.2) is 36.9 Å². The molecule has 3 aromatic rings. The van der Waals surface area contributed by atoms with Gasteiger partial charge in [-0.05, 0) is 43.5 Å². The molecule has 9 nitrogen and oxygen atoms in total. The largest absolute Gasteiger partial charge is 0.381 e. The molecule has 0 saturated carbocycles. The number of amides is 1. The van der Waals surface area contributed by atoms with Crippen LogP contribution in [0.5, 0.6) is 0 Å². The van der Waals surface area contributed by atoms with Crippen molar-refractivity contribution in [1.29, 1.82) is 0 Å². The first-order chi connectivity index (χ1) is 15.9. The molecule has 1 fully saturated rings. The molecule has 0 bridgehead atoms. The molecule has 1 amide bonds. The summed E-state index contributed by atoms with van der Waals surface area (Å²) in [5.74, 6) is 0.169. The van der Waals surface area contributed by atoms with Gasteiger partial charge in [-0.1, -0.05) is 11.6 Å². The number of hydrogen-bond acceptors (Lipinski definition) is 7. The zero-order valence-electron chi connectivity index (χ0n) is 18.1. The third-order valence-electron chi connectivity index (χ3n) is 5.39. The van der Waals surface area contributed by atoms with Gasteiger partial charge in [0.1, 0.15) is 23.7 Å². The third kappa shape index (κ3) is 5.65. The van der Waals surface area contributed by atoms with Crippen molar-refractivity contribution in [2.45, 2.75) is 31.8 Å². The Morgan fingerprint density at radius 1 is 1.33 bits per heavy atom. The molecule has 4 rings (SSSR count). The van der Waals surface area contributed by atoms with Crippen LogP contribution in [0.2, 0.25) is 5.02 Å². The lowest BCUT2D eigenvalue weighted by Crippen LogP contribution is -2.33. The molecule has 2 aromatic heterocycles. The van der Waals surface area contributed by atoms with Gasteiger partial charge in [-0.3, -0.25) is 9.36 Å². The lowest BCUT2D eigenvalue weighted by atomic mass is 10.1. The van der Waals surface area contributed by atoms with Gasteiger partial charge in [0, 0.05) is 48.8 Å². The summed E-state index contributed by atoms with van der Waals surface area (Å²) < 4.78 is 20.8. The highest BCUT2D eigenvalue weighted by Gasteiger charge is 2.19. The number of imidazole rings is 1. The topological polar surface area (TPSA) is 120 Å². The lowest BCUT2D eigenvalue weighted by Gasteiger charge is -2.23. The van der Waals surface area contributed by atoms with Crippen molar-refractivity contribution in [3.8, 4) is 5.82 Å². The average Bonchev–Trinajstić information content (AvgIpc) is 3.29. The summed E-state index contributed by atoms with van der Waals surface area (Å²) in [6, 6.07) is 3.68. The fraction of sp³-hybridized carbons (Fsp3) is 0.364. The molecule has 0 aliphatic carbocycles. The van der Waals surface area contributed by atoms with Gasteiger partial charge in [0.25, 0.3) is 5.91 Å². The Hall–Kier alpha value is -3.08. The normalized spacial score (nSPS) is 15.3. The predicted octanol–water partition coefficient (Wildman–Crippen LogP) is 2.78. The van der Waals surface area contributed by atoms with Crippen molar-refractivity contribution in [1.82, 2.24) is 24.8 Å². The van der Waals surface area contributed by atoms with Gasteiger partial charge in [-0.2, -0.15) is 4.98 Å². The third-order valence-corrected chi connectivity index (χ3v) is 5.61. The highest BCUT2D eigenvalue weighted by Crippen LogP contribution is 2.20. The van der Waals surface area contributed by atoms with E-state index in [1.807, 2.05) is 6.92 Å². The van der Waals surface area contributed by atoms with Crippen LogP contribution < -0.4 is 16.4 Å². The van der Waals surface area contributed by atoms with Crippen molar-refractivity contribution in [2.24, 2.45) is 5.73 Å². The van der Waals surface area contributed by atoms with E-state index in [1.165, 1.54) is 18.5 Å². The predicted molar refractivity (Wildman–Crippen MR) is 122 cm³/mol. The van der Waals surface area contributed by atoms with Crippen LogP contribution in [0.4, 0.5) is 10.3 Å². The number of ether oxygens (including phenoxy) is 1. The van der Waals surface area contributed by atoms with Gasteiger partial charge in [0.05, 0.1) is 6.04 Å². The fourth-order valence-corrected chi connectivity index (χ4v) is 3.86.